The van der Waals surface area contributed by atoms with Gasteiger partial charge in [-0.1, -0.05) is 24.1 Å². The first kappa shape index (κ1) is 23.1. The second-order valence-corrected chi connectivity index (χ2v) is 9.74. The number of hydrogen-bond donors (Lipinski definition) is 2. The van der Waals surface area contributed by atoms with Crippen LogP contribution in [0, 0.1) is 12.8 Å². The number of pyridine rings is 1. The van der Waals surface area contributed by atoms with Crippen LogP contribution in [0.25, 0.3) is 5.52 Å². The van der Waals surface area contributed by atoms with Gasteiger partial charge in [0, 0.05) is 30.9 Å². The van der Waals surface area contributed by atoms with Gasteiger partial charge in [-0.05, 0) is 68.4 Å². The Balaban J connectivity index is 1.27. The molecule has 3 heterocycles. The molecule has 0 bridgehead atoms. The Kier molecular flexibility index (Phi) is 6.28. The smallest absolute Gasteiger partial charge is 0.308 e. The van der Waals surface area contributed by atoms with Gasteiger partial charge in [0.15, 0.2) is 0 Å². The third-order valence-corrected chi connectivity index (χ3v) is 7.49. The summed E-state index contributed by atoms with van der Waals surface area (Å²) in [4.78, 5) is 39.3. The van der Waals surface area contributed by atoms with E-state index in [0.29, 0.717) is 42.9 Å². The van der Waals surface area contributed by atoms with E-state index in [4.69, 9.17) is 0 Å². The maximum absolute atomic E-state index is 13.0. The van der Waals surface area contributed by atoms with Gasteiger partial charge in [-0.2, -0.15) is 5.10 Å². The first-order valence-electron chi connectivity index (χ1n) is 12.3. The molecule has 182 valence electrons. The van der Waals surface area contributed by atoms with Crippen molar-refractivity contribution in [2.24, 2.45) is 5.92 Å². The number of hydrogen-bond acceptors (Lipinski definition) is 4. The minimum atomic E-state index is -0.859. The molecule has 1 aromatic carbocycles. The number of rotatable bonds is 5. The standard InChI is InChI=1S/C27H30N4O4/c1-17-5-7-19(8-6-17)26(33)30-12-9-18(10-13-30)20-11-14-31-24(15-20)22(16-28-31)25(32)29-23-4-2-3-21(23)27(34)35/h5-8,11,14-16,18,21,23H,2-4,9-10,12-13H2,1H3,(H,29,32)(H,34,35)/t21-,23+/m0/s1. The maximum atomic E-state index is 13.0. The second kappa shape index (κ2) is 9.52. The van der Waals surface area contributed by atoms with Crippen LogP contribution < -0.4 is 5.32 Å². The first-order chi connectivity index (χ1) is 16.9. The van der Waals surface area contributed by atoms with Gasteiger partial charge in [0.2, 0.25) is 0 Å². The van der Waals surface area contributed by atoms with Crippen molar-refractivity contribution < 1.29 is 19.5 Å². The molecule has 8 nitrogen and oxygen atoms in total. The lowest BCUT2D eigenvalue weighted by Crippen LogP contribution is -2.40. The topological polar surface area (TPSA) is 104 Å². The van der Waals surface area contributed by atoms with Crippen LogP contribution in [0.15, 0.2) is 48.8 Å². The summed E-state index contributed by atoms with van der Waals surface area (Å²) in [5, 5.41) is 16.7. The molecule has 8 heteroatoms. The predicted octanol–water partition coefficient (Wildman–Crippen LogP) is 3.65. The summed E-state index contributed by atoms with van der Waals surface area (Å²) in [6, 6.07) is 11.4. The van der Waals surface area contributed by atoms with Gasteiger partial charge in [-0.15, -0.1) is 0 Å². The number of piperidine rings is 1. The van der Waals surface area contributed by atoms with Gasteiger partial charge in [-0.25, -0.2) is 4.52 Å². The van der Waals surface area contributed by atoms with Gasteiger partial charge in [0.05, 0.1) is 23.2 Å². The number of fused-ring (bicyclic) bond motifs is 1. The number of aryl methyl sites for hydroxylation is 1. The Morgan fingerprint density at radius 3 is 2.49 bits per heavy atom. The van der Waals surface area contributed by atoms with Gasteiger partial charge in [0.25, 0.3) is 11.8 Å². The van der Waals surface area contributed by atoms with Crippen molar-refractivity contribution in [2.75, 3.05) is 13.1 Å². The zero-order valence-corrected chi connectivity index (χ0v) is 19.8. The Morgan fingerprint density at radius 1 is 1.03 bits per heavy atom. The number of nitrogens with one attached hydrogen (secondary N) is 1. The highest BCUT2D eigenvalue weighted by atomic mass is 16.4. The lowest BCUT2D eigenvalue weighted by atomic mass is 9.89. The number of aliphatic carboxylic acids is 1. The minimum absolute atomic E-state index is 0.0697. The van der Waals surface area contributed by atoms with E-state index < -0.39 is 11.9 Å². The summed E-state index contributed by atoms with van der Waals surface area (Å²) < 4.78 is 1.68. The van der Waals surface area contributed by atoms with Gasteiger partial charge < -0.3 is 15.3 Å². The van der Waals surface area contributed by atoms with Crippen LogP contribution in [0.5, 0.6) is 0 Å². The number of carboxylic acid groups (broad SMARTS) is 1. The van der Waals surface area contributed by atoms with Crippen molar-refractivity contribution in [3.8, 4) is 0 Å². The van der Waals surface area contributed by atoms with Crippen LogP contribution in [-0.4, -0.2) is 56.5 Å². The zero-order valence-electron chi connectivity index (χ0n) is 19.8. The highest BCUT2D eigenvalue weighted by Crippen LogP contribution is 2.30. The molecule has 0 radical (unpaired) electrons. The average Bonchev–Trinajstić information content (AvgIpc) is 3.51. The second-order valence-electron chi connectivity index (χ2n) is 9.74. The predicted molar refractivity (Wildman–Crippen MR) is 130 cm³/mol. The molecule has 1 aliphatic carbocycles. The van der Waals surface area contributed by atoms with Crippen molar-refractivity contribution in [1.29, 1.82) is 0 Å². The molecular weight excluding hydrogens is 444 g/mol. The van der Waals surface area contributed by atoms with Crippen LogP contribution in [-0.2, 0) is 4.79 Å². The fourth-order valence-electron chi connectivity index (χ4n) is 5.40. The van der Waals surface area contributed by atoms with Crippen molar-refractivity contribution in [2.45, 2.75) is 51.0 Å². The molecule has 2 amide bonds. The van der Waals surface area contributed by atoms with Gasteiger partial charge in [0.1, 0.15) is 0 Å². The maximum Gasteiger partial charge on any atom is 0.308 e. The molecule has 35 heavy (non-hydrogen) atoms. The molecule has 5 rings (SSSR count). The highest BCUT2D eigenvalue weighted by Gasteiger charge is 2.34. The molecular formula is C27H30N4O4. The molecule has 1 saturated carbocycles. The minimum Gasteiger partial charge on any atom is -0.481 e. The third kappa shape index (κ3) is 4.65. The monoisotopic (exact) mass is 474 g/mol. The van der Waals surface area contributed by atoms with Crippen molar-refractivity contribution in [1.82, 2.24) is 19.8 Å². The molecule has 2 N–H and O–H groups in total. The summed E-state index contributed by atoms with van der Waals surface area (Å²) in [6.07, 6.45) is 7.17. The van der Waals surface area contributed by atoms with Crippen LogP contribution in [0.1, 0.15) is 69.9 Å². The van der Waals surface area contributed by atoms with Crippen LogP contribution in [0.3, 0.4) is 0 Å². The molecule has 3 aromatic rings. The molecule has 1 saturated heterocycles. The fraction of sp³-hybridized carbons (Fsp3) is 0.407. The first-order valence-corrected chi connectivity index (χ1v) is 12.3. The van der Waals surface area contributed by atoms with E-state index in [-0.39, 0.29) is 17.9 Å². The van der Waals surface area contributed by atoms with Gasteiger partial charge >= 0.3 is 5.97 Å². The quantitative estimate of drug-likeness (QED) is 0.588. The van der Waals surface area contributed by atoms with Crippen molar-refractivity contribution in [3.63, 3.8) is 0 Å². The number of likely N-dealkylation sites (tertiary alicyclic amines) is 1. The van der Waals surface area contributed by atoms with Crippen LogP contribution in [0.2, 0.25) is 0 Å². The number of carbonyl (C=O) groups excluding carboxylic acids is 2. The lowest BCUT2D eigenvalue weighted by molar-refractivity contribution is -0.142. The zero-order chi connectivity index (χ0) is 24.5. The number of nitrogens with zero attached hydrogens (tertiary/aromatic N) is 3. The van der Waals surface area contributed by atoms with E-state index in [0.717, 1.165) is 36.0 Å². The number of carboxylic acids is 1. The molecule has 2 aromatic heterocycles. The number of aromatic nitrogens is 2. The summed E-state index contributed by atoms with van der Waals surface area (Å²) in [6.45, 7) is 3.38. The normalized spacial score (nSPS) is 20.8. The van der Waals surface area contributed by atoms with E-state index in [1.807, 2.05) is 54.4 Å². The van der Waals surface area contributed by atoms with Gasteiger partial charge in [-0.3, -0.25) is 14.4 Å². The van der Waals surface area contributed by atoms with E-state index in [1.165, 1.54) is 0 Å². The lowest BCUT2D eigenvalue weighted by Gasteiger charge is -2.32. The largest absolute Gasteiger partial charge is 0.481 e. The molecule has 2 atom stereocenters. The summed E-state index contributed by atoms with van der Waals surface area (Å²) in [7, 11) is 0. The number of benzene rings is 1. The fourth-order valence-corrected chi connectivity index (χ4v) is 5.40. The van der Waals surface area contributed by atoms with Crippen LogP contribution >= 0.6 is 0 Å². The Bertz CT molecular complexity index is 1260. The molecule has 0 spiro atoms. The van der Waals surface area contributed by atoms with Crippen molar-refractivity contribution >= 4 is 23.3 Å². The molecule has 2 fully saturated rings. The SMILES string of the molecule is Cc1ccc(C(=O)N2CCC(c3ccn4ncc(C(=O)N[C@@H]5CCC[C@@H]5C(=O)O)c4c3)CC2)cc1. The Labute approximate surface area is 203 Å². The summed E-state index contributed by atoms with van der Waals surface area (Å²) >= 11 is 0. The molecule has 1 aliphatic heterocycles. The molecule has 0 unspecified atom stereocenters. The summed E-state index contributed by atoms with van der Waals surface area (Å²) in [5.41, 5.74) is 4.14. The number of amides is 2. The van der Waals surface area contributed by atoms with Crippen LogP contribution in [0.4, 0.5) is 0 Å². The van der Waals surface area contributed by atoms with E-state index >= 15 is 0 Å². The van der Waals surface area contributed by atoms with Crippen molar-refractivity contribution in [3.05, 3.63) is 71.0 Å². The third-order valence-electron chi connectivity index (χ3n) is 7.49. The van der Waals surface area contributed by atoms with E-state index in [9.17, 15) is 19.5 Å². The number of carbonyl (C=O) groups is 3. The van der Waals surface area contributed by atoms with E-state index in [1.54, 1.807) is 10.7 Å². The van der Waals surface area contributed by atoms with E-state index in [2.05, 4.69) is 10.4 Å². The Morgan fingerprint density at radius 2 is 1.77 bits per heavy atom. The Hall–Kier alpha value is -3.68. The average molecular weight is 475 g/mol. The molecule has 2 aliphatic rings. The highest BCUT2D eigenvalue weighted by molar-refractivity contribution is 6.01. The summed E-state index contributed by atoms with van der Waals surface area (Å²) in [5.74, 6) is -1.32.